The number of hydrogen-bond donors (Lipinski definition) is 0. The predicted molar refractivity (Wildman–Crippen MR) is 130 cm³/mol. The Bertz CT molecular complexity index is 1490. The Morgan fingerprint density at radius 2 is 1.56 bits per heavy atom. The van der Waals surface area contributed by atoms with Crippen LogP contribution in [0.15, 0.2) is 96.2 Å². The van der Waals surface area contributed by atoms with Crippen LogP contribution in [0.5, 0.6) is 23.0 Å². The summed E-state index contributed by atoms with van der Waals surface area (Å²) in [6.45, 7) is 0.525. The number of ether oxygens (including phenoxy) is 3. The Hall–Kier alpha value is -4.52. The van der Waals surface area contributed by atoms with E-state index in [-0.39, 0.29) is 5.69 Å². The summed E-state index contributed by atoms with van der Waals surface area (Å²) in [5.41, 5.74) is 2.47. The Labute approximate surface area is 196 Å². The molecule has 7 nitrogen and oxygen atoms in total. The fraction of sp³-hybridized carbons (Fsp3) is 0.111. The third kappa shape index (κ3) is 4.11. The largest absolute Gasteiger partial charge is 0.493 e. The van der Waals surface area contributed by atoms with Gasteiger partial charge >= 0.3 is 5.69 Å². The second-order valence-corrected chi connectivity index (χ2v) is 7.69. The highest BCUT2D eigenvalue weighted by Crippen LogP contribution is 2.36. The number of pyridine rings is 1. The van der Waals surface area contributed by atoms with Gasteiger partial charge in [0.15, 0.2) is 11.5 Å². The summed E-state index contributed by atoms with van der Waals surface area (Å²) in [6, 6.07) is 22.8. The lowest BCUT2D eigenvalue weighted by molar-refractivity contribution is 0.355. The van der Waals surface area contributed by atoms with Crippen LogP contribution in [0, 0.1) is 0 Å². The van der Waals surface area contributed by atoms with Crippen LogP contribution in [0.2, 0.25) is 0 Å². The molecule has 0 atom stereocenters. The van der Waals surface area contributed by atoms with Gasteiger partial charge in [-0.05, 0) is 42.0 Å². The van der Waals surface area contributed by atoms with Gasteiger partial charge in [0.2, 0.25) is 0 Å². The monoisotopic (exact) mass is 453 g/mol. The molecular formula is C27H23N3O4. The molecule has 0 aliphatic heterocycles. The first-order valence-electron chi connectivity index (χ1n) is 10.8. The molecule has 7 heteroatoms. The highest BCUT2D eigenvalue weighted by molar-refractivity contribution is 5.88. The molecule has 0 N–H and O–H groups in total. The van der Waals surface area contributed by atoms with Crippen molar-refractivity contribution in [1.29, 1.82) is 0 Å². The van der Waals surface area contributed by atoms with Crippen molar-refractivity contribution >= 4 is 10.9 Å². The minimum Gasteiger partial charge on any atom is -0.493 e. The maximum absolute atomic E-state index is 12.9. The second kappa shape index (κ2) is 9.15. The van der Waals surface area contributed by atoms with Crippen molar-refractivity contribution in [2.75, 3.05) is 14.2 Å². The Balaban J connectivity index is 1.39. The Kier molecular flexibility index (Phi) is 5.74. The van der Waals surface area contributed by atoms with Crippen LogP contribution in [0.1, 0.15) is 5.56 Å². The number of imidazole rings is 1. The summed E-state index contributed by atoms with van der Waals surface area (Å²) in [5.74, 6) is 2.49. The number of methoxy groups -OCH3 is 2. The maximum atomic E-state index is 12.9. The average molecular weight is 453 g/mol. The zero-order valence-electron chi connectivity index (χ0n) is 18.8. The molecular weight excluding hydrogens is 430 g/mol. The molecule has 2 aromatic heterocycles. The SMILES string of the molecule is COc1cc2nccc(Oc3ccc(-n4ccn(Cc5ccccc5)c4=O)cc3)c2cc1OC. The van der Waals surface area contributed by atoms with Gasteiger partial charge in [0.05, 0.1) is 32.0 Å². The van der Waals surface area contributed by atoms with Gasteiger partial charge in [0.1, 0.15) is 11.5 Å². The second-order valence-electron chi connectivity index (χ2n) is 7.69. The quantitative estimate of drug-likeness (QED) is 0.345. The van der Waals surface area contributed by atoms with Crippen LogP contribution in [0.4, 0.5) is 0 Å². The molecule has 0 saturated heterocycles. The molecule has 0 fully saturated rings. The summed E-state index contributed by atoms with van der Waals surface area (Å²) in [6.07, 6.45) is 5.26. The van der Waals surface area contributed by atoms with Crippen molar-refractivity contribution in [3.63, 3.8) is 0 Å². The molecule has 34 heavy (non-hydrogen) atoms. The van der Waals surface area contributed by atoms with E-state index in [1.54, 1.807) is 48.0 Å². The van der Waals surface area contributed by atoms with E-state index in [4.69, 9.17) is 14.2 Å². The predicted octanol–water partition coefficient (Wildman–Crippen LogP) is 5.05. The summed E-state index contributed by atoms with van der Waals surface area (Å²) in [5, 5.41) is 0.804. The van der Waals surface area contributed by atoms with Crippen molar-refractivity contribution in [1.82, 2.24) is 14.1 Å². The van der Waals surface area contributed by atoms with Gasteiger partial charge in [-0.2, -0.15) is 0 Å². The minimum atomic E-state index is -0.0984. The summed E-state index contributed by atoms with van der Waals surface area (Å²) in [7, 11) is 3.18. The van der Waals surface area contributed by atoms with Crippen molar-refractivity contribution in [2.45, 2.75) is 6.54 Å². The van der Waals surface area contributed by atoms with Gasteiger partial charge in [-0.3, -0.25) is 14.1 Å². The van der Waals surface area contributed by atoms with Crippen LogP contribution < -0.4 is 19.9 Å². The summed E-state index contributed by atoms with van der Waals surface area (Å²) < 4.78 is 20.2. The average Bonchev–Trinajstić information content (AvgIpc) is 3.24. The van der Waals surface area contributed by atoms with Gasteiger partial charge in [-0.1, -0.05) is 30.3 Å². The van der Waals surface area contributed by atoms with E-state index in [0.717, 1.165) is 22.2 Å². The summed E-state index contributed by atoms with van der Waals surface area (Å²) in [4.78, 5) is 17.3. The lowest BCUT2D eigenvalue weighted by atomic mass is 10.2. The number of benzene rings is 3. The molecule has 5 rings (SSSR count). The van der Waals surface area contributed by atoms with Crippen LogP contribution in [-0.4, -0.2) is 28.3 Å². The van der Waals surface area contributed by atoms with Crippen molar-refractivity contribution in [3.05, 3.63) is 107 Å². The highest BCUT2D eigenvalue weighted by Gasteiger charge is 2.12. The molecule has 170 valence electrons. The smallest absolute Gasteiger partial charge is 0.333 e. The molecule has 0 aliphatic rings. The van der Waals surface area contributed by atoms with Gasteiger partial charge in [-0.15, -0.1) is 0 Å². The zero-order valence-corrected chi connectivity index (χ0v) is 18.8. The molecule has 2 heterocycles. The molecule has 0 bridgehead atoms. The van der Waals surface area contributed by atoms with Crippen molar-refractivity contribution in [2.24, 2.45) is 0 Å². The standard InChI is InChI=1S/C27H23N3O4/c1-32-25-16-22-23(17-26(25)33-2)28-13-12-24(22)34-21-10-8-20(9-11-21)30-15-14-29(27(30)31)18-19-6-4-3-5-7-19/h3-17H,18H2,1-2H3. The van der Waals surface area contributed by atoms with Gasteiger partial charge in [-0.25, -0.2) is 4.79 Å². The third-order valence-corrected chi connectivity index (χ3v) is 5.59. The fourth-order valence-electron chi connectivity index (χ4n) is 3.85. The minimum absolute atomic E-state index is 0.0984. The van der Waals surface area contributed by atoms with Gasteiger partial charge in [0, 0.05) is 30.0 Å². The van der Waals surface area contributed by atoms with Gasteiger partial charge in [0.25, 0.3) is 0 Å². The van der Waals surface area contributed by atoms with E-state index in [0.29, 0.717) is 29.5 Å². The maximum Gasteiger partial charge on any atom is 0.333 e. The van der Waals surface area contributed by atoms with E-state index in [1.807, 2.05) is 66.7 Å². The van der Waals surface area contributed by atoms with Gasteiger partial charge < -0.3 is 14.2 Å². The molecule has 0 unspecified atom stereocenters. The number of fused-ring (bicyclic) bond motifs is 1. The normalized spacial score (nSPS) is 10.9. The first-order chi connectivity index (χ1) is 16.7. The van der Waals surface area contributed by atoms with Crippen LogP contribution in [-0.2, 0) is 6.54 Å². The molecule has 0 radical (unpaired) electrons. The first kappa shape index (κ1) is 21.3. The number of nitrogens with zero attached hydrogens (tertiary/aromatic N) is 3. The zero-order chi connectivity index (χ0) is 23.5. The van der Waals surface area contributed by atoms with Crippen LogP contribution in [0.3, 0.4) is 0 Å². The van der Waals surface area contributed by atoms with Crippen LogP contribution in [0.25, 0.3) is 16.6 Å². The molecule has 0 spiro atoms. The lowest BCUT2D eigenvalue weighted by Crippen LogP contribution is -2.23. The third-order valence-electron chi connectivity index (χ3n) is 5.59. The fourth-order valence-corrected chi connectivity index (χ4v) is 3.85. The molecule has 5 aromatic rings. The van der Waals surface area contributed by atoms with Crippen molar-refractivity contribution < 1.29 is 14.2 Å². The Morgan fingerprint density at radius 1 is 0.824 bits per heavy atom. The van der Waals surface area contributed by atoms with E-state index < -0.39 is 0 Å². The van der Waals surface area contributed by atoms with E-state index in [9.17, 15) is 4.79 Å². The van der Waals surface area contributed by atoms with Crippen LogP contribution >= 0.6 is 0 Å². The first-order valence-corrected chi connectivity index (χ1v) is 10.8. The van der Waals surface area contributed by atoms with E-state index >= 15 is 0 Å². The number of rotatable bonds is 7. The molecule has 0 aliphatic carbocycles. The summed E-state index contributed by atoms with van der Waals surface area (Å²) >= 11 is 0. The van der Waals surface area contributed by atoms with Crippen molar-refractivity contribution in [3.8, 4) is 28.7 Å². The Morgan fingerprint density at radius 3 is 2.29 bits per heavy atom. The molecule has 3 aromatic carbocycles. The molecule has 0 amide bonds. The number of hydrogen-bond acceptors (Lipinski definition) is 5. The van der Waals surface area contributed by atoms with E-state index in [2.05, 4.69) is 4.98 Å². The number of aromatic nitrogens is 3. The molecule has 0 saturated carbocycles. The highest BCUT2D eigenvalue weighted by atomic mass is 16.5. The van der Waals surface area contributed by atoms with E-state index in [1.165, 1.54) is 0 Å². The lowest BCUT2D eigenvalue weighted by Gasteiger charge is -2.12. The topological polar surface area (TPSA) is 67.5 Å².